The van der Waals surface area contributed by atoms with Gasteiger partial charge in [0.25, 0.3) is 5.91 Å². The van der Waals surface area contributed by atoms with Crippen LogP contribution in [0.4, 0.5) is 4.39 Å². The van der Waals surface area contributed by atoms with E-state index in [-0.39, 0.29) is 5.91 Å². The highest BCUT2D eigenvalue weighted by Crippen LogP contribution is 2.37. The Labute approximate surface area is 196 Å². The van der Waals surface area contributed by atoms with Crippen LogP contribution >= 0.6 is 0 Å². The average molecular weight is 472 g/mol. The second kappa shape index (κ2) is 8.69. The quantitative estimate of drug-likeness (QED) is 0.617. The lowest BCUT2D eigenvalue weighted by Gasteiger charge is -2.33. The van der Waals surface area contributed by atoms with Gasteiger partial charge in [-0.1, -0.05) is 30.9 Å². The number of carbonyl (C=O) groups excluding carboxylic acids is 1. The number of benzene rings is 2. The topological polar surface area (TPSA) is 66.8 Å². The fourth-order valence-electron chi connectivity index (χ4n) is 4.85. The first-order valence-electron chi connectivity index (χ1n) is 11.2. The van der Waals surface area contributed by atoms with Gasteiger partial charge < -0.3 is 14.7 Å². The highest BCUT2D eigenvalue weighted by molar-refractivity contribution is 6.89. The van der Waals surface area contributed by atoms with Gasteiger partial charge >= 0.3 is 5.97 Å². The number of nitrogens with zero attached hydrogens (tertiary/aromatic N) is 1. The molecule has 0 aliphatic carbocycles. The van der Waals surface area contributed by atoms with Crippen molar-refractivity contribution in [1.82, 2.24) is 4.90 Å². The van der Waals surface area contributed by atoms with Gasteiger partial charge in [0, 0.05) is 18.7 Å². The summed E-state index contributed by atoms with van der Waals surface area (Å²) in [5.74, 6) is -1.70. The Morgan fingerprint density at radius 2 is 1.67 bits per heavy atom. The molecule has 5 nitrogen and oxygen atoms in total. The number of ether oxygens (including phenoxy) is 1. The molecule has 1 amide bonds. The van der Waals surface area contributed by atoms with E-state index in [0.29, 0.717) is 18.7 Å². The van der Waals surface area contributed by atoms with Gasteiger partial charge in [0.15, 0.2) is 6.10 Å². The number of carboxylic acids is 1. The van der Waals surface area contributed by atoms with E-state index in [1.165, 1.54) is 18.2 Å². The Kier molecular flexibility index (Phi) is 6.61. The van der Waals surface area contributed by atoms with E-state index in [9.17, 15) is 19.1 Å². The molecule has 1 N–H and O–H groups in total. The van der Waals surface area contributed by atoms with Gasteiger partial charge in [-0.25, -0.2) is 9.18 Å². The van der Waals surface area contributed by atoms with Crippen molar-refractivity contribution in [2.75, 3.05) is 0 Å². The molecule has 7 heteroatoms. The molecule has 0 saturated heterocycles. The largest absolute Gasteiger partial charge is 0.479 e. The minimum absolute atomic E-state index is 0.235. The van der Waals surface area contributed by atoms with E-state index in [1.807, 2.05) is 34.6 Å². The molecule has 0 radical (unpaired) electrons. The predicted octanol–water partition coefficient (Wildman–Crippen LogP) is 5.08. The van der Waals surface area contributed by atoms with Gasteiger partial charge in [0.1, 0.15) is 5.82 Å². The number of carboxylic acid groups (broad SMARTS) is 1. The minimum atomic E-state index is -2.00. The Balaban J connectivity index is 2.17. The maximum Gasteiger partial charge on any atom is 0.337 e. The van der Waals surface area contributed by atoms with Crippen molar-refractivity contribution in [1.29, 1.82) is 0 Å². The van der Waals surface area contributed by atoms with Crippen molar-refractivity contribution in [3.8, 4) is 0 Å². The fourth-order valence-corrected chi connectivity index (χ4v) is 7.25. The third kappa shape index (κ3) is 5.04. The summed E-state index contributed by atoms with van der Waals surface area (Å²) in [6.45, 7) is 16.9. The smallest absolute Gasteiger partial charge is 0.337 e. The van der Waals surface area contributed by atoms with Crippen LogP contribution < -0.4 is 5.19 Å². The molecule has 1 unspecified atom stereocenters. The molecule has 1 heterocycles. The Morgan fingerprint density at radius 1 is 1.09 bits per heavy atom. The fraction of sp³-hybridized carbons (Fsp3) is 0.462. The number of fused-ring (bicyclic) bond motifs is 1. The monoisotopic (exact) mass is 471 g/mol. The molecule has 3 rings (SSSR count). The molecule has 0 bridgehead atoms. The second-order valence-electron chi connectivity index (χ2n) is 10.9. The van der Waals surface area contributed by atoms with Crippen LogP contribution in [0.1, 0.15) is 65.1 Å². The number of halogens is 1. The number of hydrogen-bond acceptors (Lipinski definition) is 3. The molecule has 1 aliphatic heterocycles. The summed E-state index contributed by atoms with van der Waals surface area (Å²) in [5.41, 5.74) is 4.35. The first-order valence-corrected chi connectivity index (χ1v) is 14.7. The normalized spacial score (nSPS) is 14.9. The molecule has 0 aromatic heterocycles. The molecule has 2 aromatic carbocycles. The highest BCUT2D eigenvalue weighted by atomic mass is 28.3. The third-order valence-corrected chi connectivity index (χ3v) is 8.23. The molecule has 178 valence electrons. The summed E-state index contributed by atoms with van der Waals surface area (Å²) in [6.07, 6.45) is -1.09. The molecule has 1 aliphatic rings. The van der Waals surface area contributed by atoms with Crippen molar-refractivity contribution >= 4 is 25.1 Å². The van der Waals surface area contributed by atoms with Crippen LogP contribution in [0.2, 0.25) is 19.6 Å². The van der Waals surface area contributed by atoms with Crippen LogP contribution in [0.25, 0.3) is 0 Å². The van der Waals surface area contributed by atoms with Crippen LogP contribution in [0.15, 0.2) is 24.3 Å². The Bertz CT molecular complexity index is 1110. The van der Waals surface area contributed by atoms with Gasteiger partial charge in [-0.05, 0) is 80.6 Å². The molecule has 33 heavy (non-hydrogen) atoms. The molecule has 2 aromatic rings. The van der Waals surface area contributed by atoms with Gasteiger partial charge in [-0.3, -0.25) is 4.79 Å². The molecule has 0 fully saturated rings. The lowest BCUT2D eigenvalue weighted by atomic mass is 9.91. The van der Waals surface area contributed by atoms with Crippen molar-refractivity contribution in [3.63, 3.8) is 0 Å². The summed E-state index contributed by atoms with van der Waals surface area (Å²) in [6, 6.07) is 5.72. The van der Waals surface area contributed by atoms with Crippen LogP contribution in [0, 0.1) is 19.7 Å². The summed E-state index contributed by atoms with van der Waals surface area (Å²) in [5, 5.41) is 11.2. The molecular weight excluding hydrogens is 437 g/mol. The summed E-state index contributed by atoms with van der Waals surface area (Å²) in [4.78, 5) is 27.2. The van der Waals surface area contributed by atoms with E-state index in [2.05, 4.69) is 19.6 Å². The first kappa shape index (κ1) is 25.1. The summed E-state index contributed by atoms with van der Waals surface area (Å²) in [7, 11) is -2.00. The molecular formula is C26H34FNO4Si. The Hall–Kier alpha value is -2.51. The summed E-state index contributed by atoms with van der Waals surface area (Å²) >= 11 is 0. The van der Waals surface area contributed by atoms with Gasteiger partial charge in [0.2, 0.25) is 0 Å². The van der Waals surface area contributed by atoms with Crippen LogP contribution in [0.5, 0.6) is 0 Å². The van der Waals surface area contributed by atoms with E-state index >= 15 is 0 Å². The van der Waals surface area contributed by atoms with Crippen LogP contribution in [-0.2, 0) is 22.6 Å². The first-order chi connectivity index (χ1) is 15.1. The van der Waals surface area contributed by atoms with Gasteiger partial charge in [-0.15, -0.1) is 0 Å². The standard InChI is InChI=1S/C26H34FNO4Si/c1-15-19-13-28(24(29)17-10-9-11-18(27)12-17)14-20(19)16(2)23(33(6,7)8)21(15)22(25(30)31)32-26(3,4)5/h9-12,22H,13-14H2,1-8H3,(H,30,31). The second-order valence-corrected chi connectivity index (χ2v) is 15.9. The van der Waals surface area contributed by atoms with Crippen molar-refractivity contribution < 1.29 is 23.8 Å². The number of hydrogen-bond donors (Lipinski definition) is 1. The lowest BCUT2D eigenvalue weighted by Crippen LogP contribution is -2.46. The summed E-state index contributed by atoms with van der Waals surface area (Å²) < 4.78 is 19.8. The zero-order chi connectivity index (χ0) is 24.9. The van der Waals surface area contributed by atoms with Crippen molar-refractivity contribution in [3.05, 3.63) is 63.5 Å². The molecule has 1 atom stereocenters. The number of carbonyl (C=O) groups is 2. The van der Waals surface area contributed by atoms with E-state index in [0.717, 1.165) is 33.0 Å². The van der Waals surface area contributed by atoms with Crippen molar-refractivity contribution in [2.24, 2.45) is 0 Å². The SMILES string of the molecule is Cc1c2c(c(C)c([Si](C)(C)C)c1C(OC(C)(C)C)C(=O)O)CN(C(=O)c1cccc(F)c1)C2. The predicted molar refractivity (Wildman–Crippen MR) is 130 cm³/mol. The lowest BCUT2D eigenvalue weighted by molar-refractivity contribution is -0.160. The van der Waals surface area contributed by atoms with Gasteiger partial charge in [0.05, 0.1) is 13.7 Å². The number of rotatable bonds is 5. The maximum atomic E-state index is 13.7. The van der Waals surface area contributed by atoms with E-state index in [1.54, 1.807) is 11.0 Å². The number of amides is 1. The Morgan fingerprint density at radius 3 is 2.15 bits per heavy atom. The third-order valence-electron chi connectivity index (χ3n) is 6.08. The van der Waals surface area contributed by atoms with E-state index in [4.69, 9.17) is 4.74 Å². The van der Waals surface area contributed by atoms with E-state index < -0.39 is 31.6 Å². The maximum absolute atomic E-state index is 13.7. The zero-order valence-electron chi connectivity index (χ0n) is 20.8. The highest BCUT2D eigenvalue weighted by Gasteiger charge is 2.39. The molecule has 0 spiro atoms. The zero-order valence-corrected chi connectivity index (χ0v) is 21.8. The van der Waals surface area contributed by atoms with Crippen LogP contribution in [0.3, 0.4) is 0 Å². The van der Waals surface area contributed by atoms with Gasteiger partial charge in [-0.2, -0.15) is 0 Å². The van der Waals surface area contributed by atoms with Crippen molar-refractivity contribution in [2.45, 2.75) is 79.1 Å². The van der Waals surface area contributed by atoms with Crippen LogP contribution in [-0.4, -0.2) is 35.6 Å². The molecule has 0 saturated carbocycles. The average Bonchev–Trinajstić information content (AvgIpc) is 3.12. The number of aliphatic carboxylic acids is 1. The minimum Gasteiger partial charge on any atom is -0.479 e.